The average molecular weight is 299 g/mol. The van der Waals surface area contributed by atoms with Crippen LogP contribution in [-0.4, -0.2) is 53.6 Å². The van der Waals surface area contributed by atoms with E-state index in [0.29, 0.717) is 19.4 Å². The molecule has 1 aliphatic heterocycles. The predicted octanol–water partition coefficient (Wildman–Crippen LogP) is 0.940. The summed E-state index contributed by atoms with van der Waals surface area (Å²) >= 11 is 0. The lowest BCUT2D eigenvalue weighted by atomic mass is 10.0. The first kappa shape index (κ1) is 17.3. The number of urea groups is 1. The number of likely N-dealkylation sites (tertiary alicyclic amines) is 1. The number of hydrogen-bond acceptors (Lipinski definition) is 3. The van der Waals surface area contributed by atoms with Crippen molar-refractivity contribution < 1.29 is 19.5 Å². The fourth-order valence-electron chi connectivity index (χ4n) is 2.51. The molecule has 0 aliphatic carbocycles. The average Bonchev–Trinajstić information content (AvgIpc) is 2.50. The summed E-state index contributed by atoms with van der Waals surface area (Å²) in [7, 11) is 1.54. The number of carbonyl (C=O) groups excluding carboxylic acids is 2. The number of carboxylic acids is 1. The van der Waals surface area contributed by atoms with E-state index in [4.69, 9.17) is 5.11 Å². The van der Waals surface area contributed by atoms with E-state index in [1.54, 1.807) is 0 Å². The highest BCUT2D eigenvalue weighted by atomic mass is 16.4. The van der Waals surface area contributed by atoms with Crippen molar-refractivity contribution in [2.45, 2.75) is 57.5 Å². The molecule has 7 heteroatoms. The molecule has 120 valence electrons. The maximum absolute atomic E-state index is 12.3. The van der Waals surface area contributed by atoms with E-state index in [1.165, 1.54) is 11.9 Å². The summed E-state index contributed by atoms with van der Waals surface area (Å²) < 4.78 is 0. The van der Waals surface area contributed by atoms with E-state index in [9.17, 15) is 14.4 Å². The molecule has 2 atom stereocenters. The zero-order valence-electron chi connectivity index (χ0n) is 12.7. The van der Waals surface area contributed by atoms with Gasteiger partial charge in [0.25, 0.3) is 0 Å². The summed E-state index contributed by atoms with van der Waals surface area (Å²) in [6.45, 7) is 2.44. The molecule has 1 saturated heterocycles. The van der Waals surface area contributed by atoms with Gasteiger partial charge in [0.05, 0.1) is 0 Å². The second-order valence-electron chi connectivity index (χ2n) is 5.30. The van der Waals surface area contributed by atoms with Crippen LogP contribution in [0.25, 0.3) is 0 Å². The van der Waals surface area contributed by atoms with Crippen molar-refractivity contribution in [1.29, 1.82) is 0 Å². The van der Waals surface area contributed by atoms with E-state index in [1.807, 2.05) is 6.92 Å². The van der Waals surface area contributed by atoms with Gasteiger partial charge in [0.15, 0.2) is 0 Å². The van der Waals surface area contributed by atoms with E-state index < -0.39 is 24.1 Å². The van der Waals surface area contributed by atoms with E-state index in [0.717, 1.165) is 25.7 Å². The molecule has 1 fully saturated rings. The molecule has 0 aromatic heterocycles. The van der Waals surface area contributed by atoms with Gasteiger partial charge in [-0.15, -0.1) is 0 Å². The SMILES string of the molecule is CCCC[C@H](NC(=O)N1CCCCC1C(=O)NC)C(=O)O. The number of nitrogens with zero attached hydrogens (tertiary/aromatic N) is 1. The third-order valence-electron chi connectivity index (χ3n) is 3.75. The first-order chi connectivity index (χ1) is 10.0. The summed E-state index contributed by atoms with van der Waals surface area (Å²) in [5, 5.41) is 14.2. The Bertz CT molecular complexity index is 386. The summed E-state index contributed by atoms with van der Waals surface area (Å²) in [5.74, 6) is -1.24. The number of aliphatic carboxylic acids is 1. The van der Waals surface area contributed by atoms with Crippen LogP contribution >= 0.6 is 0 Å². The van der Waals surface area contributed by atoms with Gasteiger partial charge in [0.1, 0.15) is 12.1 Å². The lowest BCUT2D eigenvalue weighted by Crippen LogP contribution is -2.56. The van der Waals surface area contributed by atoms with Gasteiger partial charge < -0.3 is 20.6 Å². The third kappa shape index (κ3) is 4.91. The molecular weight excluding hydrogens is 274 g/mol. The number of amides is 3. The molecule has 3 N–H and O–H groups in total. The maximum atomic E-state index is 12.3. The van der Waals surface area contributed by atoms with Gasteiger partial charge in [-0.1, -0.05) is 19.8 Å². The van der Waals surface area contributed by atoms with Crippen molar-refractivity contribution in [2.75, 3.05) is 13.6 Å². The Kier molecular flexibility index (Phi) is 6.98. The van der Waals surface area contributed by atoms with Crippen molar-refractivity contribution in [3.8, 4) is 0 Å². The van der Waals surface area contributed by atoms with E-state index in [-0.39, 0.29) is 5.91 Å². The second-order valence-corrected chi connectivity index (χ2v) is 5.30. The third-order valence-corrected chi connectivity index (χ3v) is 3.75. The molecule has 21 heavy (non-hydrogen) atoms. The van der Waals surface area contributed by atoms with Crippen LogP contribution < -0.4 is 10.6 Å². The largest absolute Gasteiger partial charge is 0.480 e. The molecular formula is C14H25N3O4. The minimum atomic E-state index is -1.04. The second kappa shape index (κ2) is 8.49. The highest BCUT2D eigenvalue weighted by Crippen LogP contribution is 2.17. The molecule has 0 saturated carbocycles. The van der Waals surface area contributed by atoms with Crippen LogP contribution in [0.5, 0.6) is 0 Å². The zero-order valence-corrected chi connectivity index (χ0v) is 12.7. The van der Waals surface area contributed by atoms with Crippen LogP contribution in [-0.2, 0) is 9.59 Å². The van der Waals surface area contributed by atoms with Gasteiger partial charge in [0, 0.05) is 13.6 Å². The quantitative estimate of drug-likeness (QED) is 0.679. The van der Waals surface area contributed by atoms with Crippen LogP contribution in [0.15, 0.2) is 0 Å². The van der Waals surface area contributed by atoms with Gasteiger partial charge >= 0.3 is 12.0 Å². The molecule has 3 amide bonds. The Hall–Kier alpha value is -1.79. The van der Waals surface area contributed by atoms with Crippen LogP contribution in [0.4, 0.5) is 4.79 Å². The summed E-state index contributed by atoms with van der Waals surface area (Å²) in [6, 6.07) is -1.87. The molecule has 0 aromatic rings. The molecule has 1 rings (SSSR count). The molecule has 1 aliphatic rings. The molecule has 0 radical (unpaired) electrons. The number of carboxylic acid groups (broad SMARTS) is 1. The van der Waals surface area contributed by atoms with Crippen LogP contribution in [0.2, 0.25) is 0 Å². The van der Waals surface area contributed by atoms with Crippen molar-refractivity contribution in [3.63, 3.8) is 0 Å². The molecule has 7 nitrogen and oxygen atoms in total. The number of likely N-dealkylation sites (N-methyl/N-ethyl adjacent to an activating group) is 1. The predicted molar refractivity (Wildman–Crippen MR) is 77.9 cm³/mol. The lowest BCUT2D eigenvalue weighted by molar-refractivity contribution is -0.139. The van der Waals surface area contributed by atoms with E-state index in [2.05, 4.69) is 10.6 Å². The Morgan fingerprint density at radius 2 is 2.05 bits per heavy atom. The monoisotopic (exact) mass is 299 g/mol. The van der Waals surface area contributed by atoms with Crippen molar-refractivity contribution in [1.82, 2.24) is 15.5 Å². The van der Waals surface area contributed by atoms with Crippen molar-refractivity contribution in [2.24, 2.45) is 0 Å². The van der Waals surface area contributed by atoms with Crippen molar-refractivity contribution in [3.05, 3.63) is 0 Å². The van der Waals surface area contributed by atoms with Crippen LogP contribution in [0, 0.1) is 0 Å². The number of carbonyl (C=O) groups is 3. The zero-order chi connectivity index (χ0) is 15.8. The fraction of sp³-hybridized carbons (Fsp3) is 0.786. The fourth-order valence-corrected chi connectivity index (χ4v) is 2.51. The summed E-state index contributed by atoms with van der Waals surface area (Å²) in [5.41, 5.74) is 0. The topological polar surface area (TPSA) is 98.7 Å². The van der Waals surface area contributed by atoms with Gasteiger partial charge in [-0.2, -0.15) is 0 Å². The van der Waals surface area contributed by atoms with Crippen LogP contribution in [0.1, 0.15) is 45.4 Å². The number of hydrogen-bond donors (Lipinski definition) is 3. The number of nitrogens with one attached hydrogen (secondary N) is 2. The van der Waals surface area contributed by atoms with Gasteiger partial charge in [-0.05, 0) is 25.7 Å². The Balaban J connectivity index is 2.69. The van der Waals surface area contributed by atoms with Gasteiger partial charge in [-0.3, -0.25) is 4.79 Å². The first-order valence-electron chi connectivity index (χ1n) is 7.52. The van der Waals surface area contributed by atoms with E-state index >= 15 is 0 Å². The first-order valence-corrected chi connectivity index (χ1v) is 7.52. The number of unbranched alkanes of at least 4 members (excludes halogenated alkanes) is 1. The smallest absolute Gasteiger partial charge is 0.326 e. The molecule has 0 aromatic carbocycles. The minimum absolute atomic E-state index is 0.203. The normalized spacial score (nSPS) is 19.7. The molecule has 0 spiro atoms. The Morgan fingerprint density at radius 1 is 1.33 bits per heavy atom. The standard InChI is InChI=1S/C14H25N3O4/c1-3-4-7-10(13(19)20)16-14(21)17-9-6-5-8-11(17)12(18)15-2/h10-11H,3-9H2,1-2H3,(H,15,18)(H,16,21)(H,19,20)/t10-,11?/m0/s1. The lowest BCUT2D eigenvalue weighted by Gasteiger charge is -2.35. The Morgan fingerprint density at radius 3 is 2.62 bits per heavy atom. The minimum Gasteiger partial charge on any atom is -0.480 e. The molecule has 1 unspecified atom stereocenters. The highest BCUT2D eigenvalue weighted by molar-refractivity contribution is 5.88. The number of piperidine rings is 1. The summed E-state index contributed by atoms with van der Waals surface area (Å²) in [4.78, 5) is 36.7. The van der Waals surface area contributed by atoms with Crippen LogP contribution in [0.3, 0.4) is 0 Å². The molecule has 1 heterocycles. The summed E-state index contributed by atoms with van der Waals surface area (Å²) in [6.07, 6.45) is 4.32. The van der Waals surface area contributed by atoms with Gasteiger partial charge in [0.2, 0.25) is 5.91 Å². The van der Waals surface area contributed by atoms with Gasteiger partial charge in [-0.25, -0.2) is 9.59 Å². The maximum Gasteiger partial charge on any atom is 0.326 e. The number of rotatable bonds is 6. The highest BCUT2D eigenvalue weighted by Gasteiger charge is 2.33. The van der Waals surface area contributed by atoms with Crippen molar-refractivity contribution >= 4 is 17.9 Å². The Labute approximate surface area is 125 Å². The molecule has 0 bridgehead atoms.